The lowest BCUT2D eigenvalue weighted by Gasteiger charge is -2.35. The molecule has 2 aliphatic rings. The van der Waals surface area contributed by atoms with E-state index in [1.54, 1.807) is 11.3 Å². The van der Waals surface area contributed by atoms with Gasteiger partial charge in [0, 0.05) is 21.5 Å². The molecular weight excluding hydrogens is 743 g/mol. The van der Waals surface area contributed by atoms with E-state index in [0.717, 1.165) is 17.1 Å². The van der Waals surface area contributed by atoms with Gasteiger partial charge in [-0.05, 0) is 103 Å². The summed E-state index contributed by atoms with van der Waals surface area (Å²) in [4.78, 5) is 2.57. The normalized spacial score (nSPS) is 13.9. The van der Waals surface area contributed by atoms with E-state index in [0.29, 0.717) is 0 Å². The molecule has 0 fully saturated rings. The van der Waals surface area contributed by atoms with Crippen LogP contribution in [0.1, 0.15) is 44.5 Å². The molecule has 0 N–H and O–H groups in total. The van der Waals surface area contributed by atoms with E-state index >= 15 is 0 Å². The first-order valence-electron chi connectivity index (χ1n) is 20.8. The zero-order chi connectivity index (χ0) is 39.7. The first-order valence-corrected chi connectivity index (χ1v) is 21.6. The Kier molecular flexibility index (Phi) is 7.91. The third-order valence-corrected chi connectivity index (χ3v) is 14.0. The summed E-state index contributed by atoms with van der Waals surface area (Å²) in [6, 6.07) is 85.9. The first kappa shape index (κ1) is 34.8. The molecule has 0 aliphatic heterocycles. The number of hydrogen-bond acceptors (Lipinski definition) is 2. The summed E-state index contributed by atoms with van der Waals surface area (Å²) in [5.41, 5.74) is 17.7. The number of rotatable bonds is 7. The van der Waals surface area contributed by atoms with E-state index < -0.39 is 10.8 Å². The second-order valence-corrected chi connectivity index (χ2v) is 16.9. The van der Waals surface area contributed by atoms with Crippen molar-refractivity contribution in [2.45, 2.75) is 10.8 Å². The van der Waals surface area contributed by atoms with Crippen LogP contribution in [0.25, 0.3) is 32.3 Å². The van der Waals surface area contributed by atoms with Gasteiger partial charge in [0.2, 0.25) is 0 Å². The van der Waals surface area contributed by atoms with Crippen LogP contribution in [0.5, 0.6) is 0 Å². The molecular formula is C58H39NS. The smallest absolute Gasteiger partial charge is 0.0714 e. The van der Waals surface area contributed by atoms with Gasteiger partial charge in [-0.2, -0.15) is 0 Å². The van der Waals surface area contributed by atoms with E-state index in [2.05, 4.69) is 241 Å². The SMILES string of the molecule is c1ccc(C2(c3ccccc3)c3ccccc3-c3c(N(c4ccc5sccc5c4)c4cccc5c4-c4ccccc4C5(c4ccccc4)c4ccccc4)cccc32)cc1. The number of thiophene rings is 1. The van der Waals surface area contributed by atoms with Crippen LogP contribution in [-0.4, -0.2) is 0 Å². The Bertz CT molecular complexity index is 2940. The Labute approximate surface area is 355 Å². The van der Waals surface area contributed by atoms with Gasteiger partial charge in [0.05, 0.1) is 22.2 Å². The Morgan fingerprint density at radius 3 is 1.18 bits per heavy atom. The molecule has 0 amide bonds. The van der Waals surface area contributed by atoms with Gasteiger partial charge in [0.25, 0.3) is 0 Å². The standard InChI is InChI=1S/C58H39NS/c1-5-19-41(20-6-1)57(42-21-7-2-8-22-42)48-29-15-13-27-46(48)55-50(57)31-17-33-52(55)59(45-35-36-54-40(39-45)37-38-60-54)53-34-18-32-51-56(53)47-28-14-16-30-49(47)58(51,43-23-9-3-10-24-43)44-25-11-4-12-26-44/h1-39H. The molecule has 0 radical (unpaired) electrons. The van der Waals surface area contributed by atoms with Crippen molar-refractivity contribution in [1.82, 2.24) is 0 Å². The summed E-state index contributed by atoms with van der Waals surface area (Å²) in [6.07, 6.45) is 0. The van der Waals surface area contributed by atoms with Gasteiger partial charge in [-0.15, -0.1) is 11.3 Å². The summed E-state index contributed by atoms with van der Waals surface area (Å²) in [6.45, 7) is 0. The summed E-state index contributed by atoms with van der Waals surface area (Å²) >= 11 is 1.79. The molecule has 2 aliphatic carbocycles. The largest absolute Gasteiger partial charge is 0.309 e. The van der Waals surface area contributed by atoms with Gasteiger partial charge in [-0.1, -0.05) is 194 Å². The van der Waals surface area contributed by atoms with Crippen LogP contribution in [0.3, 0.4) is 0 Å². The van der Waals surface area contributed by atoms with E-state index in [-0.39, 0.29) is 0 Å². The van der Waals surface area contributed by atoms with Crippen LogP contribution >= 0.6 is 11.3 Å². The van der Waals surface area contributed by atoms with Crippen molar-refractivity contribution in [3.05, 3.63) is 280 Å². The Balaban J connectivity index is 1.21. The molecule has 0 spiro atoms. The molecule has 1 aromatic heterocycles. The monoisotopic (exact) mass is 781 g/mol. The van der Waals surface area contributed by atoms with Crippen LogP contribution in [0.4, 0.5) is 17.1 Å². The molecule has 12 rings (SSSR count). The lowest BCUT2D eigenvalue weighted by atomic mass is 9.67. The Morgan fingerprint density at radius 2 is 0.733 bits per heavy atom. The zero-order valence-corrected chi connectivity index (χ0v) is 33.7. The highest BCUT2D eigenvalue weighted by molar-refractivity contribution is 7.17. The number of fused-ring (bicyclic) bond motifs is 7. The quantitative estimate of drug-likeness (QED) is 0.156. The van der Waals surface area contributed by atoms with Crippen LogP contribution < -0.4 is 4.90 Å². The number of nitrogens with zero attached hydrogens (tertiary/aromatic N) is 1. The first-order chi connectivity index (χ1) is 29.8. The molecule has 282 valence electrons. The van der Waals surface area contributed by atoms with Crippen LogP contribution in [0.15, 0.2) is 236 Å². The fourth-order valence-electron chi connectivity index (χ4n) is 10.8. The van der Waals surface area contributed by atoms with Gasteiger partial charge >= 0.3 is 0 Å². The van der Waals surface area contributed by atoms with Gasteiger partial charge in [0.15, 0.2) is 0 Å². The molecule has 1 nitrogen and oxygen atoms in total. The number of anilines is 3. The average molecular weight is 782 g/mol. The minimum absolute atomic E-state index is 0.519. The lowest BCUT2D eigenvalue weighted by molar-refractivity contribution is 0.768. The second kappa shape index (κ2) is 13.7. The molecule has 60 heavy (non-hydrogen) atoms. The molecule has 0 unspecified atom stereocenters. The maximum absolute atomic E-state index is 2.57. The minimum Gasteiger partial charge on any atom is -0.309 e. The van der Waals surface area contributed by atoms with Crippen LogP contribution in [0.2, 0.25) is 0 Å². The second-order valence-electron chi connectivity index (χ2n) is 15.9. The third-order valence-electron chi connectivity index (χ3n) is 13.1. The molecule has 10 aromatic rings. The summed E-state index contributed by atoms with van der Waals surface area (Å²) < 4.78 is 1.28. The lowest BCUT2D eigenvalue weighted by Crippen LogP contribution is -2.28. The van der Waals surface area contributed by atoms with Crippen LogP contribution in [0, 0.1) is 0 Å². The molecule has 0 saturated carbocycles. The summed E-state index contributed by atoms with van der Waals surface area (Å²) in [5, 5.41) is 3.45. The predicted molar refractivity (Wildman–Crippen MR) is 251 cm³/mol. The number of benzene rings is 9. The van der Waals surface area contributed by atoms with Crippen molar-refractivity contribution in [3.8, 4) is 22.3 Å². The topological polar surface area (TPSA) is 3.24 Å². The Hall–Kier alpha value is -7.26. The van der Waals surface area contributed by atoms with Crippen molar-refractivity contribution in [1.29, 1.82) is 0 Å². The molecule has 0 atom stereocenters. The predicted octanol–water partition coefficient (Wildman–Crippen LogP) is 15.1. The fraction of sp³-hybridized carbons (Fsp3) is 0.0345. The molecule has 0 saturated heterocycles. The maximum atomic E-state index is 2.57. The highest BCUT2D eigenvalue weighted by Crippen LogP contribution is 2.63. The summed E-state index contributed by atoms with van der Waals surface area (Å²) in [5.74, 6) is 0. The Morgan fingerprint density at radius 1 is 0.333 bits per heavy atom. The minimum atomic E-state index is -0.519. The highest BCUT2D eigenvalue weighted by atomic mass is 32.1. The zero-order valence-electron chi connectivity index (χ0n) is 32.9. The van der Waals surface area contributed by atoms with Gasteiger partial charge < -0.3 is 4.90 Å². The third kappa shape index (κ3) is 4.80. The molecule has 9 aromatic carbocycles. The highest BCUT2D eigenvalue weighted by Gasteiger charge is 2.49. The van der Waals surface area contributed by atoms with Gasteiger partial charge in [-0.3, -0.25) is 0 Å². The molecule has 2 heteroatoms. The molecule has 0 bridgehead atoms. The van der Waals surface area contributed by atoms with Crippen molar-refractivity contribution in [3.63, 3.8) is 0 Å². The van der Waals surface area contributed by atoms with Gasteiger partial charge in [0.1, 0.15) is 0 Å². The van der Waals surface area contributed by atoms with E-state index in [1.165, 1.54) is 76.8 Å². The fourth-order valence-corrected chi connectivity index (χ4v) is 11.6. The van der Waals surface area contributed by atoms with Crippen molar-refractivity contribution < 1.29 is 0 Å². The maximum Gasteiger partial charge on any atom is 0.0714 e. The van der Waals surface area contributed by atoms with Gasteiger partial charge in [-0.25, -0.2) is 0 Å². The van der Waals surface area contributed by atoms with E-state index in [4.69, 9.17) is 0 Å². The number of hydrogen-bond donors (Lipinski definition) is 0. The van der Waals surface area contributed by atoms with Crippen molar-refractivity contribution >= 4 is 38.5 Å². The van der Waals surface area contributed by atoms with Crippen LogP contribution in [-0.2, 0) is 10.8 Å². The van der Waals surface area contributed by atoms with E-state index in [9.17, 15) is 0 Å². The summed E-state index contributed by atoms with van der Waals surface area (Å²) in [7, 11) is 0. The van der Waals surface area contributed by atoms with Crippen molar-refractivity contribution in [2.75, 3.05) is 4.90 Å². The van der Waals surface area contributed by atoms with Crippen molar-refractivity contribution in [2.24, 2.45) is 0 Å². The molecule has 1 heterocycles. The average Bonchev–Trinajstić information content (AvgIpc) is 4.01. The van der Waals surface area contributed by atoms with E-state index in [1.807, 2.05) is 0 Å².